The lowest BCUT2D eigenvalue weighted by Gasteiger charge is -2.06. The molecule has 0 heterocycles. The predicted octanol–water partition coefficient (Wildman–Crippen LogP) is 2.54. The van der Waals surface area contributed by atoms with Crippen molar-refractivity contribution in [3.05, 3.63) is 34.9 Å². The van der Waals surface area contributed by atoms with E-state index in [2.05, 4.69) is 0 Å². The quantitative estimate of drug-likeness (QED) is 0.483. The van der Waals surface area contributed by atoms with Gasteiger partial charge < -0.3 is 10.5 Å². The van der Waals surface area contributed by atoms with E-state index in [1.54, 1.807) is 19.9 Å². The summed E-state index contributed by atoms with van der Waals surface area (Å²) in [6.07, 6.45) is 1.75. The molecule has 86 valence electrons. The van der Waals surface area contributed by atoms with Crippen molar-refractivity contribution < 1.29 is 9.53 Å². The topological polar surface area (TPSA) is 52.3 Å². The van der Waals surface area contributed by atoms with Crippen LogP contribution < -0.4 is 5.73 Å². The summed E-state index contributed by atoms with van der Waals surface area (Å²) >= 11 is 0. The lowest BCUT2D eigenvalue weighted by molar-refractivity contribution is -0.138. The van der Waals surface area contributed by atoms with Gasteiger partial charge in [-0.2, -0.15) is 0 Å². The molecule has 1 aromatic carbocycles. The van der Waals surface area contributed by atoms with Crippen LogP contribution in [-0.2, 0) is 9.53 Å². The second kappa shape index (κ2) is 5.35. The van der Waals surface area contributed by atoms with Crippen LogP contribution in [0.3, 0.4) is 0 Å². The molecule has 0 aliphatic rings. The van der Waals surface area contributed by atoms with Gasteiger partial charge in [0.1, 0.15) is 0 Å². The fraction of sp³-hybridized carbons (Fsp3) is 0.308. The maximum absolute atomic E-state index is 11.4. The Balaban J connectivity index is 2.98. The molecule has 1 aromatic rings. The molecular weight excluding hydrogens is 202 g/mol. The standard InChI is InChI=1S/C13H17NO2/c1-4-16-13(15)10(3)8-11-7-5-6-9(2)12(11)14/h5-8H,4,14H2,1-3H3/b10-8+. The summed E-state index contributed by atoms with van der Waals surface area (Å²) in [4.78, 5) is 11.4. The number of ether oxygens (including phenoxy) is 1. The molecule has 0 fully saturated rings. The van der Waals surface area contributed by atoms with E-state index in [4.69, 9.17) is 10.5 Å². The summed E-state index contributed by atoms with van der Waals surface area (Å²) in [6, 6.07) is 5.73. The Bertz CT molecular complexity index is 422. The number of carbonyl (C=O) groups is 1. The highest BCUT2D eigenvalue weighted by Crippen LogP contribution is 2.19. The monoisotopic (exact) mass is 219 g/mol. The predicted molar refractivity (Wildman–Crippen MR) is 65.9 cm³/mol. The smallest absolute Gasteiger partial charge is 0.333 e. The highest BCUT2D eigenvalue weighted by molar-refractivity contribution is 5.94. The fourth-order valence-electron chi connectivity index (χ4n) is 1.37. The van der Waals surface area contributed by atoms with Crippen molar-refractivity contribution in [2.75, 3.05) is 12.3 Å². The average molecular weight is 219 g/mol. The third-order valence-electron chi connectivity index (χ3n) is 2.33. The molecule has 0 bridgehead atoms. The first kappa shape index (κ1) is 12.3. The van der Waals surface area contributed by atoms with Gasteiger partial charge in [0, 0.05) is 11.3 Å². The first-order chi connectivity index (χ1) is 7.56. The van der Waals surface area contributed by atoms with Gasteiger partial charge >= 0.3 is 5.97 Å². The van der Waals surface area contributed by atoms with Gasteiger partial charge in [-0.1, -0.05) is 18.2 Å². The van der Waals surface area contributed by atoms with Gasteiger partial charge in [0.05, 0.1) is 6.61 Å². The van der Waals surface area contributed by atoms with Crippen LogP contribution >= 0.6 is 0 Å². The Kier molecular flexibility index (Phi) is 4.11. The fourth-order valence-corrected chi connectivity index (χ4v) is 1.37. The van der Waals surface area contributed by atoms with Gasteiger partial charge in [-0.05, 0) is 38.0 Å². The van der Waals surface area contributed by atoms with E-state index in [9.17, 15) is 4.79 Å². The molecule has 0 unspecified atom stereocenters. The molecule has 0 amide bonds. The number of carbonyl (C=O) groups excluding carboxylic acids is 1. The molecule has 16 heavy (non-hydrogen) atoms. The van der Waals surface area contributed by atoms with Crippen molar-refractivity contribution >= 4 is 17.7 Å². The van der Waals surface area contributed by atoms with E-state index >= 15 is 0 Å². The van der Waals surface area contributed by atoms with Crippen LogP contribution in [0, 0.1) is 6.92 Å². The largest absolute Gasteiger partial charge is 0.463 e. The van der Waals surface area contributed by atoms with E-state index < -0.39 is 0 Å². The van der Waals surface area contributed by atoms with Crippen LogP contribution in [0.25, 0.3) is 6.08 Å². The molecule has 0 spiro atoms. The lowest BCUT2D eigenvalue weighted by atomic mass is 10.1. The molecular formula is C13H17NO2. The molecule has 0 atom stereocenters. The van der Waals surface area contributed by atoms with Gasteiger partial charge in [0.15, 0.2) is 0 Å². The summed E-state index contributed by atoms with van der Waals surface area (Å²) in [5.74, 6) is -0.302. The number of nitrogen functional groups attached to an aromatic ring is 1. The summed E-state index contributed by atoms with van der Waals surface area (Å²) < 4.78 is 4.90. The van der Waals surface area contributed by atoms with Gasteiger partial charge in [-0.15, -0.1) is 0 Å². The van der Waals surface area contributed by atoms with Crippen molar-refractivity contribution in [2.45, 2.75) is 20.8 Å². The van der Waals surface area contributed by atoms with Gasteiger partial charge in [0.25, 0.3) is 0 Å². The van der Waals surface area contributed by atoms with Gasteiger partial charge in [-0.25, -0.2) is 4.79 Å². The van der Waals surface area contributed by atoms with E-state index in [-0.39, 0.29) is 5.97 Å². The Labute approximate surface area is 95.9 Å². The number of para-hydroxylation sites is 1. The maximum Gasteiger partial charge on any atom is 0.333 e. The zero-order valence-electron chi connectivity index (χ0n) is 9.91. The van der Waals surface area contributed by atoms with Crippen molar-refractivity contribution in [3.63, 3.8) is 0 Å². The van der Waals surface area contributed by atoms with Crippen molar-refractivity contribution in [1.82, 2.24) is 0 Å². The molecule has 3 heteroatoms. The zero-order valence-corrected chi connectivity index (χ0v) is 9.91. The number of hydrogen-bond donors (Lipinski definition) is 1. The highest BCUT2D eigenvalue weighted by atomic mass is 16.5. The van der Waals surface area contributed by atoms with Crippen LogP contribution in [0.15, 0.2) is 23.8 Å². The van der Waals surface area contributed by atoms with E-state index in [1.165, 1.54) is 0 Å². The first-order valence-corrected chi connectivity index (χ1v) is 5.26. The van der Waals surface area contributed by atoms with Crippen molar-refractivity contribution in [2.24, 2.45) is 0 Å². The average Bonchev–Trinajstić information content (AvgIpc) is 2.25. The minimum Gasteiger partial charge on any atom is -0.463 e. The van der Waals surface area contributed by atoms with Crippen LogP contribution in [0.2, 0.25) is 0 Å². The number of aryl methyl sites for hydroxylation is 1. The number of esters is 1. The minimum absolute atomic E-state index is 0.302. The third kappa shape index (κ3) is 2.86. The number of hydrogen-bond acceptors (Lipinski definition) is 3. The lowest BCUT2D eigenvalue weighted by Crippen LogP contribution is -2.05. The van der Waals surface area contributed by atoms with Crippen molar-refractivity contribution in [3.8, 4) is 0 Å². The molecule has 0 aliphatic heterocycles. The summed E-state index contributed by atoms with van der Waals surface area (Å²) in [6.45, 7) is 5.83. The first-order valence-electron chi connectivity index (χ1n) is 5.26. The van der Waals surface area contributed by atoms with E-state index in [1.807, 2.05) is 25.1 Å². The molecule has 0 radical (unpaired) electrons. The number of benzene rings is 1. The third-order valence-corrected chi connectivity index (χ3v) is 2.33. The Morgan fingerprint density at radius 1 is 1.50 bits per heavy atom. The summed E-state index contributed by atoms with van der Waals surface area (Å²) in [7, 11) is 0. The Morgan fingerprint density at radius 2 is 2.19 bits per heavy atom. The molecule has 0 aliphatic carbocycles. The van der Waals surface area contributed by atoms with Crippen molar-refractivity contribution in [1.29, 1.82) is 0 Å². The van der Waals surface area contributed by atoms with E-state index in [0.717, 1.165) is 11.1 Å². The number of nitrogens with two attached hydrogens (primary N) is 1. The SMILES string of the molecule is CCOC(=O)/C(C)=C/c1cccc(C)c1N. The second-order valence-corrected chi connectivity index (χ2v) is 3.63. The highest BCUT2D eigenvalue weighted by Gasteiger charge is 2.06. The molecule has 1 rings (SSSR count). The molecule has 0 aromatic heterocycles. The maximum atomic E-state index is 11.4. The molecule has 0 saturated heterocycles. The van der Waals surface area contributed by atoms with Crippen LogP contribution in [0.4, 0.5) is 5.69 Å². The summed E-state index contributed by atoms with van der Waals surface area (Å²) in [5, 5.41) is 0. The molecule has 2 N–H and O–H groups in total. The normalized spacial score (nSPS) is 11.3. The van der Waals surface area contributed by atoms with Gasteiger partial charge in [0.2, 0.25) is 0 Å². The Morgan fingerprint density at radius 3 is 2.81 bits per heavy atom. The van der Waals surface area contributed by atoms with Gasteiger partial charge in [-0.3, -0.25) is 0 Å². The zero-order chi connectivity index (χ0) is 12.1. The van der Waals surface area contributed by atoms with Crippen LogP contribution in [-0.4, -0.2) is 12.6 Å². The number of anilines is 1. The van der Waals surface area contributed by atoms with Crippen LogP contribution in [0.5, 0.6) is 0 Å². The molecule has 0 saturated carbocycles. The summed E-state index contributed by atoms with van der Waals surface area (Å²) in [5.41, 5.74) is 9.02. The number of rotatable bonds is 3. The second-order valence-electron chi connectivity index (χ2n) is 3.63. The molecule has 3 nitrogen and oxygen atoms in total. The minimum atomic E-state index is -0.302. The Hall–Kier alpha value is -1.77. The van der Waals surface area contributed by atoms with E-state index in [0.29, 0.717) is 17.9 Å². The van der Waals surface area contributed by atoms with Crippen LogP contribution in [0.1, 0.15) is 25.0 Å².